The van der Waals surface area contributed by atoms with E-state index in [9.17, 15) is 14.3 Å². The molecule has 0 spiro atoms. The Balaban J connectivity index is 1.31. The molecule has 1 aliphatic rings. The number of hydrogen-bond acceptors (Lipinski definition) is 4. The number of carboxylic acids is 1. The van der Waals surface area contributed by atoms with Crippen LogP contribution in [-0.4, -0.2) is 47.7 Å². The van der Waals surface area contributed by atoms with Gasteiger partial charge in [0.2, 0.25) is 0 Å². The smallest absolute Gasteiger partial charge is 0.303 e. The SMILES string of the molecule is COc1ccc2nccc(C(F)CC[C@@H]3CCN(CCCCc4ccccc4F)C[C@@H]3CC(=O)O)c2c1. The minimum absolute atomic E-state index is 0.000652. The molecule has 37 heavy (non-hydrogen) atoms. The van der Waals surface area contributed by atoms with Crippen molar-refractivity contribution < 1.29 is 23.4 Å². The van der Waals surface area contributed by atoms with Crippen molar-refractivity contribution in [2.45, 2.75) is 51.1 Å². The van der Waals surface area contributed by atoms with Crippen LogP contribution in [0.15, 0.2) is 54.7 Å². The van der Waals surface area contributed by atoms with Crippen LogP contribution in [0.1, 0.15) is 55.8 Å². The third-order valence-corrected chi connectivity index (χ3v) is 7.65. The number of hydrogen-bond donors (Lipinski definition) is 1. The summed E-state index contributed by atoms with van der Waals surface area (Å²) in [4.78, 5) is 18.3. The molecule has 1 aromatic heterocycles. The molecular weight excluding hydrogens is 474 g/mol. The van der Waals surface area contributed by atoms with Crippen LogP contribution in [0.3, 0.4) is 0 Å². The molecule has 2 aromatic carbocycles. The predicted molar refractivity (Wildman–Crippen MR) is 141 cm³/mol. The van der Waals surface area contributed by atoms with Crippen LogP contribution in [0.5, 0.6) is 5.75 Å². The highest BCUT2D eigenvalue weighted by molar-refractivity contribution is 5.83. The van der Waals surface area contributed by atoms with Crippen LogP contribution < -0.4 is 4.74 Å². The highest BCUT2D eigenvalue weighted by Gasteiger charge is 2.31. The molecule has 198 valence electrons. The summed E-state index contributed by atoms with van der Waals surface area (Å²) in [7, 11) is 1.59. The van der Waals surface area contributed by atoms with E-state index in [1.54, 1.807) is 25.4 Å². The zero-order valence-electron chi connectivity index (χ0n) is 21.4. The summed E-state index contributed by atoms with van der Waals surface area (Å²) >= 11 is 0. The van der Waals surface area contributed by atoms with Crippen molar-refractivity contribution in [2.75, 3.05) is 26.7 Å². The number of halogens is 2. The average molecular weight is 511 g/mol. The Morgan fingerprint density at radius 3 is 2.81 bits per heavy atom. The molecule has 4 rings (SSSR count). The minimum Gasteiger partial charge on any atom is -0.497 e. The van der Waals surface area contributed by atoms with Crippen LogP contribution >= 0.6 is 0 Å². The minimum atomic E-state index is -1.15. The number of aryl methyl sites for hydroxylation is 1. The number of rotatable bonds is 12. The number of methoxy groups -OCH3 is 1. The molecule has 0 saturated carbocycles. The number of fused-ring (bicyclic) bond motifs is 1. The summed E-state index contributed by atoms with van der Waals surface area (Å²) in [6.45, 7) is 2.46. The first-order chi connectivity index (χ1) is 17.9. The summed E-state index contributed by atoms with van der Waals surface area (Å²) < 4.78 is 34.6. The number of benzene rings is 2. The number of aliphatic carboxylic acids is 1. The number of piperidine rings is 1. The van der Waals surface area contributed by atoms with E-state index in [-0.39, 0.29) is 24.1 Å². The monoisotopic (exact) mass is 510 g/mol. The lowest BCUT2D eigenvalue weighted by Crippen LogP contribution is -2.41. The van der Waals surface area contributed by atoms with Gasteiger partial charge in [0.25, 0.3) is 0 Å². The van der Waals surface area contributed by atoms with E-state index < -0.39 is 12.1 Å². The number of pyridine rings is 1. The van der Waals surface area contributed by atoms with E-state index >= 15 is 4.39 Å². The normalized spacial score (nSPS) is 19.1. The molecular formula is C30H36F2N2O3. The predicted octanol–water partition coefficient (Wildman–Crippen LogP) is 6.61. The van der Waals surface area contributed by atoms with Crippen molar-refractivity contribution >= 4 is 16.9 Å². The van der Waals surface area contributed by atoms with Gasteiger partial charge in [-0.1, -0.05) is 18.2 Å². The van der Waals surface area contributed by atoms with Gasteiger partial charge in [-0.15, -0.1) is 0 Å². The molecule has 2 heterocycles. The topological polar surface area (TPSA) is 62.7 Å². The summed E-state index contributed by atoms with van der Waals surface area (Å²) in [6.07, 6.45) is 4.96. The zero-order valence-corrected chi connectivity index (χ0v) is 21.4. The Morgan fingerprint density at radius 1 is 1.19 bits per heavy atom. The second-order valence-corrected chi connectivity index (χ2v) is 10.1. The van der Waals surface area contributed by atoms with E-state index in [2.05, 4.69) is 9.88 Å². The Morgan fingerprint density at radius 2 is 2.03 bits per heavy atom. The van der Waals surface area contributed by atoms with Crippen LogP contribution in [0.2, 0.25) is 0 Å². The van der Waals surface area contributed by atoms with Crippen LogP contribution in [-0.2, 0) is 11.2 Å². The average Bonchev–Trinajstić information content (AvgIpc) is 2.90. The van der Waals surface area contributed by atoms with E-state index in [1.165, 1.54) is 6.07 Å². The largest absolute Gasteiger partial charge is 0.497 e. The maximum Gasteiger partial charge on any atom is 0.303 e. The Hall–Kier alpha value is -3.06. The zero-order chi connectivity index (χ0) is 26.2. The van der Waals surface area contributed by atoms with Gasteiger partial charge in [0.15, 0.2) is 0 Å². The lowest BCUT2D eigenvalue weighted by molar-refractivity contribution is -0.139. The van der Waals surface area contributed by atoms with Gasteiger partial charge >= 0.3 is 5.97 Å². The number of ether oxygens (including phenoxy) is 1. The number of unbranched alkanes of at least 4 members (excludes halogenated alkanes) is 1. The molecule has 1 aliphatic heterocycles. The van der Waals surface area contributed by atoms with Crippen LogP contribution in [0.4, 0.5) is 8.78 Å². The Labute approximate surface area is 217 Å². The molecule has 0 amide bonds. The van der Waals surface area contributed by atoms with Gasteiger partial charge in [-0.25, -0.2) is 8.78 Å². The number of alkyl halides is 1. The van der Waals surface area contributed by atoms with Gasteiger partial charge in [0, 0.05) is 24.5 Å². The summed E-state index contributed by atoms with van der Waals surface area (Å²) in [5.74, 6) is -0.127. The van der Waals surface area contributed by atoms with Crippen molar-refractivity contribution in [1.82, 2.24) is 9.88 Å². The van der Waals surface area contributed by atoms with Crippen molar-refractivity contribution in [2.24, 2.45) is 11.8 Å². The van der Waals surface area contributed by atoms with E-state index in [4.69, 9.17) is 4.74 Å². The van der Waals surface area contributed by atoms with Gasteiger partial charge in [-0.2, -0.15) is 0 Å². The quantitative estimate of drug-likeness (QED) is 0.278. The number of aromatic nitrogens is 1. The van der Waals surface area contributed by atoms with E-state index in [0.29, 0.717) is 37.1 Å². The molecule has 1 saturated heterocycles. The highest BCUT2D eigenvalue weighted by atomic mass is 19.1. The first-order valence-corrected chi connectivity index (χ1v) is 13.2. The first-order valence-electron chi connectivity index (χ1n) is 13.2. The van der Waals surface area contributed by atoms with Gasteiger partial charge in [0.05, 0.1) is 12.6 Å². The van der Waals surface area contributed by atoms with Gasteiger partial charge in [-0.05, 0) is 105 Å². The molecule has 0 radical (unpaired) electrons. The third kappa shape index (κ3) is 7.25. The summed E-state index contributed by atoms with van der Waals surface area (Å²) in [5, 5.41) is 10.3. The molecule has 3 aromatic rings. The van der Waals surface area contributed by atoms with E-state index in [1.807, 2.05) is 30.3 Å². The van der Waals surface area contributed by atoms with Crippen molar-refractivity contribution in [3.63, 3.8) is 0 Å². The Kier molecular flexibility index (Phi) is 9.45. The van der Waals surface area contributed by atoms with Crippen LogP contribution in [0, 0.1) is 17.7 Å². The first kappa shape index (κ1) is 27.0. The molecule has 1 fully saturated rings. The third-order valence-electron chi connectivity index (χ3n) is 7.65. The molecule has 0 aliphatic carbocycles. The standard InChI is InChI=1S/C30H36F2N2O3/c1-37-24-10-12-29-26(19-24)25(13-15-33-29)28(32)11-9-21-14-17-34(20-23(21)18-30(35)36)16-5-4-7-22-6-2-3-8-27(22)31/h2-3,6,8,10,12-13,15,19,21,23,28H,4-5,7,9,11,14,16-18,20H2,1H3,(H,35,36)/t21-,23+,28?/m1/s1. The van der Waals surface area contributed by atoms with Crippen LogP contribution in [0.25, 0.3) is 10.9 Å². The lowest BCUT2D eigenvalue weighted by atomic mass is 9.79. The summed E-state index contributed by atoms with van der Waals surface area (Å²) in [5.41, 5.74) is 2.07. The fourth-order valence-electron chi connectivity index (χ4n) is 5.61. The number of carbonyl (C=O) groups is 1. The van der Waals surface area contributed by atoms with E-state index in [0.717, 1.165) is 48.8 Å². The second kappa shape index (κ2) is 13.0. The number of carboxylic acid groups (broad SMARTS) is 1. The van der Waals surface area contributed by atoms with Crippen molar-refractivity contribution in [3.8, 4) is 5.75 Å². The number of likely N-dealkylation sites (tertiary alicyclic amines) is 1. The van der Waals surface area contributed by atoms with Gasteiger partial charge < -0.3 is 14.7 Å². The number of nitrogens with zero attached hydrogens (tertiary/aromatic N) is 2. The molecule has 5 nitrogen and oxygen atoms in total. The molecule has 1 unspecified atom stereocenters. The summed E-state index contributed by atoms with van der Waals surface area (Å²) in [6, 6.07) is 14.1. The van der Waals surface area contributed by atoms with Gasteiger partial charge in [0.1, 0.15) is 17.7 Å². The second-order valence-electron chi connectivity index (χ2n) is 10.1. The van der Waals surface area contributed by atoms with Gasteiger partial charge in [-0.3, -0.25) is 9.78 Å². The maximum atomic E-state index is 15.5. The van der Waals surface area contributed by atoms with Crippen molar-refractivity contribution in [1.29, 1.82) is 0 Å². The molecule has 1 N–H and O–H groups in total. The van der Waals surface area contributed by atoms with Crippen molar-refractivity contribution in [3.05, 3.63) is 71.7 Å². The lowest BCUT2D eigenvalue weighted by Gasteiger charge is -2.38. The Bertz CT molecular complexity index is 1190. The fourth-order valence-corrected chi connectivity index (χ4v) is 5.61. The highest BCUT2D eigenvalue weighted by Crippen LogP contribution is 2.36. The molecule has 7 heteroatoms. The molecule has 0 bridgehead atoms. The molecule has 3 atom stereocenters. The maximum absolute atomic E-state index is 15.5. The fraction of sp³-hybridized carbons (Fsp3) is 0.467.